The van der Waals surface area contributed by atoms with Crippen molar-refractivity contribution in [1.82, 2.24) is 4.31 Å². The lowest BCUT2D eigenvalue weighted by atomic mass is 9.65. The molecule has 0 spiro atoms. The number of rotatable bonds is 2. The monoisotopic (exact) mass is 409 g/mol. The summed E-state index contributed by atoms with van der Waals surface area (Å²) >= 11 is 0. The Bertz CT molecular complexity index is 1110. The lowest BCUT2D eigenvalue weighted by molar-refractivity contribution is -0.137. The highest BCUT2D eigenvalue weighted by Crippen LogP contribution is 2.50. The van der Waals surface area contributed by atoms with Crippen LogP contribution in [0.4, 0.5) is 0 Å². The molecular formula is C23H23NO4S. The molecule has 0 amide bonds. The van der Waals surface area contributed by atoms with Gasteiger partial charge in [0.15, 0.2) is 0 Å². The van der Waals surface area contributed by atoms with Crippen molar-refractivity contribution in [1.29, 1.82) is 0 Å². The van der Waals surface area contributed by atoms with Gasteiger partial charge in [0.05, 0.1) is 18.2 Å². The minimum atomic E-state index is -3.60. The normalized spacial score (nSPS) is 29.1. The van der Waals surface area contributed by atoms with E-state index >= 15 is 0 Å². The van der Waals surface area contributed by atoms with E-state index in [1.54, 1.807) is 6.20 Å². The topological polar surface area (TPSA) is 71.5 Å². The van der Waals surface area contributed by atoms with Gasteiger partial charge in [-0.1, -0.05) is 48.4 Å². The molecule has 1 aromatic rings. The predicted molar refractivity (Wildman–Crippen MR) is 110 cm³/mol. The summed E-state index contributed by atoms with van der Waals surface area (Å²) < 4.78 is 26.6. The molecule has 150 valence electrons. The van der Waals surface area contributed by atoms with Gasteiger partial charge in [0.2, 0.25) is 21.6 Å². The summed E-state index contributed by atoms with van der Waals surface area (Å²) in [6, 6.07) is 8.67. The fourth-order valence-corrected chi connectivity index (χ4v) is 6.45. The third-order valence-electron chi connectivity index (χ3n) is 6.72. The number of allylic oxidation sites excluding steroid dienone is 3. The summed E-state index contributed by atoms with van der Waals surface area (Å²) in [5, 5.41) is 0. The van der Waals surface area contributed by atoms with Crippen LogP contribution in [-0.2, 0) is 19.6 Å². The second-order valence-corrected chi connectivity index (χ2v) is 10.3. The van der Waals surface area contributed by atoms with Crippen molar-refractivity contribution in [3.8, 4) is 0 Å². The van der Waals surface area contributed by atoms with Crippen molar-refractivity contribution in [3.05, 3.63) is 64.9 Å². The number of hydrogen-bond acceptors (Lipinski definition) is 4. The summed E-state index contributed by atoms with van der Waals surface area (Å²) in [6.07, 6.45) is 9.40. The lowest BCUT2D eigenvalue weighted by Gasteiger charge is -2.40. The Labute approximate surface area is 170 Å². The summed E-state index contributed by atoms with van der Waals surface area (Å²) in [5.74, 6) is -1.67. The van der Waals surface area contributed by atoms with E-state index in [0.29, 0.717) is 17.6 Å². The Hall–Kier alpha value is -2.47. The van der Waals surface area contributed by atoms with Crippen molar-refractivity contribution >= 4 is 27.2 Å². The summed E-state index contributed by atoms with van der Waals surface area (Å²) in [7, 11) is -3.60. The second-order valence-electron chi connectivity index (χ2n) is 8.38. The van der Waals surface area contributed by atoms with Crippen molar-refractivity contribution in [3.63, 3.8) is 0 Å². The largest absolute Gasteiger partial charge is 0.290 e. The van der Waals surface area contributed by atoms with Gasteiger partial charge in [-0.25, -0.2) is 8.42 Å². The first-order valence-corrected chi connectivity index (χ1v) is 12.0. The summed E-state index contributed by atoms with van der Waals surface area (Å²) in [5.41, 5.74) is 4.05. The van der Waals surface area contributed by atoms with E-state index in [2.05, 4.69) is 6.08 Å². The van der Waals surface area contributed by atoms with Crippen LogP contribution in [0.2, 0.25) is 0 Å². The van der Waals surface area contributed by atoms with E-state index in [-0.39, 0.29) is 5.92 Å². The average molecular weight is 410 g/mol. The first-order valence-electron chi connectivity index (χ1n) is 10.1. The zero-order valence-corrected chi connectivity index (χ0v) is 17.1. The predicted octanol–water partition coefficient (Wildman–Crippen LogP) is 3.26. The van der Waals surface area contributed by atoms with Gasteiger partial charge in [0.25, 0.3) is 0 Å². The molecule has 5 rings (SSSR count). The molecule has 1 heterocycles. The van der Waals surface area contributed by atoms with Gasteiger partial charge in [-0.05, 0) is 42.4 Å². The molecule has 0 N–H and O–H groups in total. The first-order chi connectivity index (χ1) is 13.9. The van der Waals surface area contributed by atoms with Gasteiger partial charge in [-0.3, -0.25) is 13.9 Å². The third-order valence-corrected chi connectivity index (χ3v) is 7.82. The fourth-order valence-electron chi connectivity index (χ4n) is 5.48. The van der Waals surface area contributed by atoms with E-state index in [9.17, 15) is 18.0 Å². The maximum atomic E-state index is 13.3. The lowest BCUT2D eigenvalue weighted by Crippen LogP contribution is -2.48. The molecule has 3 aliphatic carbocycles. The van der Waals surface area contributed by atoms with Crippen molar-refractivity contribution in [2.75, 3.05) is 6.26 Å². The number of benzene rings is 1. The Morgan fingerprint density at radius 2 is 1.83 bits per heavy atom. The standard InChI is InChI=1S/C23H23NO4S/c1-29(27,28)24-13-18(14-7-3-2-4-8-14)20-21(24)17-12-11-15-9-5-6-10-16(15)19(17)22(25)23(20)26/h2-4,7-8,11,13,16,20-21H,5-6,9-10,12H2,1H3. The average Bonchev–Trinajstić information content (AvgIpc) is 3.13. The number of fused-ring (bicyclic) bond motifs is 4. The molecule has 0 saturated heterocycles. The smallest absolute Gasteiger partial charge is 0.232 e. The number of nitrogens with zero attached hydrogens (tertiary/aromatic N) is 1. The van der Waals surface area contributed by atoms with Crippen LogP contribution in [0.5, 0.6) is 0 Å². The van der Waals surface area contributed by atoms with Gasteiger partial charge >= 0.3 is 0 Å². The number of sulfonamides is 1. The van der Waals surface area contributed by atoms with Crippen LogP contribution >= 0.6 is 0 Å². The molecule has 29 heavy (non-hydrogen) atoms. The molecule has 3 atom stereocenters. The van der Waals surface area contributed by atoms with E-state index in [1.807, 2.05) is 30.3 Å². The van der Waals surface area contributed by atoms with E-state index in [0.717, 1.165) is 36.8 Å². The molecule has 3 unspecified atom stereocenters. The summed E-state index contributed by atoms with van der Waals surface area (Å²) in [4.78, 5) is 26.6. The minimum Gasteiger partial charge on any atom is -0.290 e. The minimum absolute atomic E-state index is 0.0212. The number of carbonyl (C=O) groups is 2. The van der Waals surface area contributed by atoms with Gasteiger partial charge in [-0.15, -0.1) is 0 Å². The number of hydrogen-bond donors (Lipinski definition) is 0. The van der Waals surface area contributed by atoms with Crippen LogP contribution in [0.25, 0.3) is 5.57 Å². The van der Waals surface area contributed by atoms with Gasteiger partial charge in [0, 0.05) is 17.7 Å². The maximum absolute atomic E-state index is 13.3. The van der Waals surface area contributed by atoms with Crippen LogP contribution in [0, 0.1) is 11.8 Å². The quantitative estimate of drug-likeness (QED) is 0.555. The van der Waals surface area contributed by atoms with Crippen molar-refractivity contribution in [2.24, 2.45) is 11.8 Å². The van der Waals surface area contributed by atoms with Gasteiger partial charge in [-0.2, -0.15) is 0 Å². The molecule has 0 radical (unpaired) electrons. The highest BCUT2D eigenvalue weighted by Gasteiger charge is 2.53. The Morgan fingerprint density at radius 3 is 2.55 bits per heavy atom. The first kappa shape index (κ1) is 18.6. The van der Waals surface area contributed by atoms with Crippen LogP contribution in [0.1, 0.15) is 37.7 Å². The molecule has 1 saturated carbocycles. The van der Waals surface area contributed by atoms with Crippen LogP contribution in [-0.4, -0.2) is 36.6 Å². The fraction of sp³-hybridized carbons (Fsp3) is 0.391. The second kappa shape index (κ2) is 6.52. The molecular weight excluding hydrogens is 386 g/mol. The Morgan fingerprint density at radius 1 is 1.07 bits per heavy atom. The van der Waals surface area contributed by atoms with Crippen molar-refractivity contribution < 1.29 is 18.0 Å². The molecule has 5 nitrogen and oxygen atoms in total. The van der Waals surface area contributed by atoms with Crippen LogP contribution in [0.3, 0.4) is 0 Å². The van der Waals surface area contributed by atoms with Crippen LogP contribution < -0.4 is 0 Å². The van der Waals surface area contributed by atoms with Gasteiger partial charge < -0.3 is 0 Å². The molecule has 1 aliphatic heterocycles. The van der Waals surface area contributed by atoms with E-state index in [4.69, 9.17) is 0 Å². The molecule has 4 aliphatic rings. The van der Waals surface area contributed by atoms with E-state index in [1.165, 1.54) is 16.1 Å². The molecule has 1 aromatic carbocycles. The highest BCUT2D eigenvalue weighted by atomic mass is 32.2. The van der Waals surface area contributed by atoms with Gasteiger partial charge in [0.1, 0.15) is 0 Å². The molecule has 1 fully saturated rings. The maximum Gasteiger partial charge on any atom is 0.232 e. The van der Waals surface area contributed by atoms with E-state index < -0.39 is 33.5 Å². The molecule has 0 bridgehead atoms. The third kappa shape index (κ3) is 2.76. The number of Topliss-reactive ketones (excluding diaryl/α,β-unsaturated/α-hetero) is 2. The molecule has 6 heteroatoms. The van der Waals surface area contributed by atoms with Crippen LogP contribution in [0.15, 0.2) is 59.3 Å². The molecule has 0 aromatic heterocycles. The zero-order chi connectivity index (χ0) is 20.3. The number of ketones is 2. The Kier molecular flexibility index (Phi) is 4.17. The SMILES string of the molecule is CS(=O)(=O)N1C=C(c2ccccc2)C2C(=O)C(=O)C3=C(CC=C4CCCCC43)C21. The summed E-state index contributed by atoms with van der Waals surface area (Å²) in [6.45, 7) is 0. The highest BCUT2D eigenvalue weighted by molar-refractivity contribution is 7.88. The van der Waals surface area contributed by atoms with Crippen molar-refractivity contribution in [2.45, 2.75) is 38.1 Å². The zero-order valence-electron chi connectivity index (χ0n) is 16.3. The number of carbonyl (C=O) groups excluding carboxylic acids is 2. The Balaban J connectivity index is 1.69.